The number of imidazole rings is 1. The molecule has 6 nitrogen and oxygen atoms in total. The van der Waals surface area contributed by atoms with Gasteiger partial charge in [0.05, 0.1) is 6.33 Å². The van der Waals surface area contributed by atoms with Crippen LogP contribution in [0.5, 0.6) is 0 Å². The number of rotatable bonds is 10. The van der Waals surface area contributed by atoms with E-state index in [4.69, 9.17) is 0 Å². The molecule has 0 amide bonds. The first kappa shape index (κ1) is 40.7. The van der Waals surface area contributed by atoms with E-state index in [1.807, 2.05) is 0 Å². The van der Waals surface area contributed by atoms with E-state index in [1.54, 1.807) is 11.1 Å². The summed E-state index contributed by atoms with van der Waals surface area (Å²) in [7, 11) is 0. The van der Waals surface area contributed by atoms with Gasteiger partial charge in [0.1, 0.15) is 5.52 Å². The highest BCUT2D eigenvalue weighted by molar-refractivity contribution is 5.67. The van der Waals surface area contributed by atoms with Gasteiger partial charge in [0.15, 0.2) is 5.65 Å². The van der Waals surface area contributed by atoms with E-state index in [9.17, 15) is 9.59 Å². The van der Waals surface area contributed by atoms with Gasteiger partial charge in [-0.1, -0.05) is 146 Å². The molecule has 6 heteroatoms. The van der Waals surface area contributed by atoms with Crippen molar-refractivity contribution in [3.05, 3.63) is 157 Å². The van der Waals surface area contributed by atoms with Crippen molar-refractivity contribution in [2.45, 2.75) is 108 Å². The van der Waals surface area contributed by atoms with Crippen molar-refractivity contribution in [3.8, 4) is 0 Å². The van der Waals surface area contributed by atoms with Gasteiger partial charge in [-0.05, 0) is 102 Å². The van der Waals surface area contributed by atoms with Gasteiger partial charge in [0.2, 0.25) is 0 Å². The van der Waals surface area contributed by atoms with Crippen molar-refractivity contribution >= 4 is 11.2 Å². The van der Waals surface area contributed by atoms with Crippen LogP contribution in [0.15, 0.2) is 146 Å². The van der Waals surface area contributed by atoms with Gasteiger partial charge >= 0.3 is 5.69 Å². The molecule has 2 aromatic rings. The number of aromatic nitrogens is 4. The molecule has 0 bridgehead atoms. The number of hydrogen-bond acceptors (Lipinski definition) is 3. The minimum absolute atomic E-state index is 0.277. The summed E-state index contributed by atoms with van der Waals surface area (Å²) < 4.78 is 0. The smallest absolute Gasteiger partial charge is 0.327 e. The van der Waals surface area contributed by atoms with Crippen molar-refractivity contribution in [3.63, 3.8) is 0 Å². The van der Waals surface area contributed by atoms with Crippen LogP contribution < -0.4 is 11.2 Å². The second-order valence-electron chi connectivity index (χ2n) is 15.3. The van der Waals surface area contributed by atoms with E-state index < -0.39 is 11.2 Å². The molecule has 0 aliphatic heterocycles. The molecular formula is C45H60N4O2. The zero-order chi connectivity index (χ0) is 37.6. The van der Waals surface area contributed by atoms with Crippen LogP contribution in [0, 0.1) is 10.8 Å². The Kier molecular flexibility index (Phi) is 15.2. The fourth-order valence-corrected chi connectivity index (χ4v) is 6.66. The number of aromatic amines is 3. The van der Waals surface area contributed by atoms with Gasteiger partial charge in [-0.2, -0.15) is 0 Å². The number of fused-ring (bicyclic) bond motifs is 1. The van der Waals surface area contributed by atoms with Gasteiger partial charge in [0.25, 0.3) is 5.56 Å². The van der Waals surface area contributed by atoms with E-state index in [0.717, 1.165) is 0 Å². The zero-order valence-corrected chi connectivity index (χ0v) is 32.7. The largest absolute Gasteiger partial charge is 0.339 e. The second kappa shape index (κ2) is 19.1. The van der Waals surface area contributed by atoms with Crippen LogP contribution in [0.4, 0.5) is 0 Å². The SMILES string of the molecule is CC1=C(/C=C/C(C)=C/C=C/C(C)=C/C=C/C=C(C)/C=C/C=C(C)/C=C/C2=C(C)CCCC2(C)C)C(C)(C)CCC1.O=c1[nH]c(=O)c2[nH]cnc2[nH]1. The lowest BCUT2D eigenvalue weighted by Crippen LogP contribution is -2.21. The normalized spacial score (nSPS) is 19.5. The lowest BCUT2D eigenvalue weighted by molar-refractivity contribution is 0.376. The Labute approximate surface area is 305 Å². The fraction of sp³-hybridized carbons (Fsp3) is 0.400. The van der Waals surface area contributed by atoms with Gasteiger partial charge < -0.3 is 4.98 Å². The van der Waals surface area contributed by atoms with Crippen molar-refractivity contribution in [1.82, 2.24) is 19.9 Å². The van der Waals surface area contributed by atoms with Crippen molar-refractivity contribution in [1.29, 1.82) is 0 Å². The predicted octanol–water partition coefficient (Wildman–Crippen LogP) is 11.5. The summed E-state index contributed by atoms with van der Waals surface area (Å²) in [5, 5.41) is 0. The van der Waals surface area contributed by atoms with Crippen LogP contribution in [-0.2, 0) is 0 Å². The first-order valence-electron chi connectivity index (χ1n) is 18.2. The second-order valence-corrected chi connectivity index (χ2v) is 15.3. The third-order valence-corrected chi connectivity index (χ3v) is 9.70. The summed E-state index contributed by atoms with van der Waals surface area (Å²) in [6, 6.07) is 0. The number of nitrogens with zero attached hydrogens (tertiary/aromatic N) is 1. The van der Waals surface area contributed by atoms with Crippen LogP contribution in [-0.4, -0.2) is 19.9 Å². The van der Waals surface area contributed by atoms with Gasteiger partial charge in [-0.3, -0.25) is 14.8 Å². The molecule has 0 saturated heterocycles. The monoisotopic (exact) mass is 688 g/mol. The quantitative estimate of drug-likeness (QED) is 0.217. The topological polar surface area (TPSA) is 94.4 Å². The average molecular weight is 689 g/mol. The molecule has 2 aliphatic carbocycles. The molecule has 0 spiro atoms. The Morgan fingerprint density at radius 1 is 0.647 bits per heavy atom. The third kappa shape index (κ3) is 13.2. The van der Waals surface area contributed by atoms with Crippen molar-refractivity contribution in [2.24, 2.45) is 10.8 Å². The minimum atomic E-state index is -0.547. The van der Waals surface area contributed by atoms with Crippen LogP contribution in [0.1, 0.15) is 108 Å². The Morgan fingerprint density at radius 3 is 1.53 bits per heavy atom. The van der Waals surface area contributed by atoms with Gasteiger partial charge in [-0.15, -0.1) is 0 Å². The highest BCUT2D eigenvalue weighted by Gasteiger charge is 2.27. The van der Waals surface area contributed by atoms with Crippen LogP contribution in [0.3, 0.4) is 0 Å². The van der Waals surface area contributed by atoms with Crippen LogP contribution in [0.2, 0.25) is 0 Å². The molecular weight excluding hydrogens is 629 g/mol. The summed E-state index contributed by atoms with van der Waals surface area (Å²) in [6.45, 7) is 22.7. The summed E-state index contributed by atoms with van der Waals surface area (Å²) >= 11 is 0. The van der Waals surface area contributed by atoms with E-state index >= 15 is 0 Å². The van der Waals surface area contributed by atoms with E-state index in [-0.39, 0.29) is 11.2 Å². The number of nitrogens with one attached hydrogen (secondary N) is 3. The third-order valence-electron chi connectivity index (χ3n) is 9.70. The van der Waals surface area contributed by atoms with Crippen LogP contribution >= 0.6 is 0 Å². The first-order chi connectivity index (χ1) is 24.1. The molecule has 272 valence electrons. The minimum Gasteiger partial charge on any atom is -0.339 e. The standard InChI is InChI=1S/C40H56.C5H4N4O2/c1-31(19-13-21-33(3)25-27-37-35(5)23-15-29-39(37,7)8)17-11-12-18-32(2)20-14-22-34(4)26-28-38-36(6)24-16-30-40(38,9)10;10-4-2-3(7-1-6-2)8-5(11)9-4/h11-14,17-22,25-28H,15-16,23-24,29-30H2,1-10H3;1H,(H3,6,7,8,9,10,11)/b12-11+,19-13+,20-14+,27-25+,28-26+,31-17+,32-18+,33-21+,34-22+;. The number of H-pyrrole nitrogens is 3. The molecule has 2 aliphatic rings. The number of hydrogen-bond donors (Lipinski definition) is 3. The molecule has 0 atom stereocenters. The van der Waals surface area contributed by atoms with Crippen molar-refractivity contribution < 1.29 is 0 Å². The lowest BCUT2D eigenvalue weighted by Gasteiger charge is -2.33. The summed E-state index contributed by atoms with van der Waals surface area (Å²) in [5.74, 6) is 0. The summed E-state index contributed by atoms with van der Waals surface area (Å²) in [5.41, 5.74) is 11.3. The van der Waals surface area contributed by atoms with E-state index in [1.165, 1.54) is 78.3 Å². The zero-order valence-electron chi connectivity index (χ0n) is 32.7. The fourth-order valence-electron chi connectivity index (χ4n) is 6.66. The lowest BCUT2D eigenvalue weighted by atomic mass is 9.72. The van der Waals surface area contributed by atoms with Gasteiger partial charge in [0, 0.05) is 0 Å². The predicted molar refractivity (Wildman–Crippen MR) is 219 cm³/mol. The Bertz CT molecular complexity index is 1890. The number of allylic oxidation sites excluding steroid dienone is 22. The Morgan fingerprint density at radius 2 is 1.08 bits per heavy atom. The highest BCUT2D eigenvalue weighted by Crippen LogP contribution is 2.41. The van der Waals surface area contributed by atoms with E-state index in [0.29, 0.717) is 10.8 Å². The summed E-state index contributed by atoms with van der Waals surface area (Å²) in [6.07, 6.45) is 39.7. The summed E-state index contributed by atoms with van der Waals surface area (Å²) in [4.78, 5) is 32.3. The maximum Gasteiger partial charge on any atom is 0.327 e. The molecule has 51 heavy (non-hydrogen) atoms. The van der Waals surface area contributed by atoms with Crippen molar-refractivity contribution in [2.75, 3.05) is 0 Å². The average Bonchev–Trinajstić information content (AvgIpc) is 3.51. The molecule has 0 saturated carbocycles. The first-order valence-corrected chi connectivity index (χ1v) is 18.2. The molecule has 0 aromatic carbocycles. The van der Waals surface area contributed by atoms with Crippen LogP contribution in [0.25, 0.3) is 11.2 Å². The molecule has 0 unspecified atom stereocenters. The molecule has 2 heterocycles. The molecule has 0 fully saturated rings. The molecule has 2 aromatic heterocycles. The molecule has 3 N–H and O–H groups in total. The molecule has 4 rings (SSSR count). The Hall–Kier alpha value is -4.71. The molecule has 0 radical (unpaired) electrons. The van der Waals surface area contributed by atoms with E-state index in [2.05, 4.69) is 174 Å². The van der Waals surface area contributed by atoms with Gasteiger partial charge in [-0.25, -0.2) is 9.78 Å². The maximum absolute atomic E-state index is 10.9. The highest BCUT2D eigenvalue weighted by atomic mass is 16.2. The Balaban J connectivity index is 0.000000534. The maximum atomic E-state index is 10.9.